The molecule has 0 spiro atoms. The van der Waals surface area contributed by atoms with Gasteiger partial charge >= 0.3 is 0 Å². The van der Waals surface area contributed by atoms with Crippen molar-refractivity contribution < 1.29 is 9.72 Å². The topological polar surface area (TPSA) is 87.5 Å². The smallest absolute Gasteiger partial charge is 0.292 e. The molecular weight excluding hydrogens is 320 g/mol. The van der Waals surface area contributed by atoms with Crippen molar-refractivity contribution in [2.75, 3.05) is 32.0 Å². The Labute approximate surface area is 142 Å². The molecule has 0 bridgehead atoms. The Morgan fingerprint density at radius 1 is 1.39 bits per heavy atom. The van der Waals surface area contributed by atoms with Crippen LogP contribution in [0.2, 0.25) is 0 Å². The third-order valence-corrected chi connectivity index (χ3v) is 4.00. The fraction of sp³-hybridized carbons (Fsp3) is 0.533. The van der Waals surface area contributed by atoms with E-state index in [1.54, 1.807) is 18.2 Å². The van der Waals surface area contributed by atoms with E-state index in [4.69, 9.17) is 0 Å². The van der Waals surface area contributed by atoms with Crippen LogP contribution in [-0.2, 0) is 4.79 Å². The quantitative estimate of drug-likeness (QED) is 0.610. The van der Waals surface area contributed by atoms with Crippen molar-refractivity contribution in [3.8, 4) is 0 Å². The molecule has 1 aromatic rings. The summed E-state index contributed by atoms with van der Waals surface area (Å²) in [7, 11) is 1.84. The van der Waals surface area contributed by atoms with Gasteiger partial charge in [-0.2, -0.15) is 0 Å². The Morgan fingerprint density at radius 2 is 2.04 bits per heavy atom. The van der Waals surface area contributed by atoms with E-state index >= 15 is 0 Å². The minimum absolute atomic E-state index is 0. The van der Waals surface area contributed by atoms with Gasteiger partial charge in [-0.3, -0.25) is 14.9 Å². The second-order valence-electron chi connectivity index (χ2n) is 5.44. The minimum Gasteiger partial charge on any atom is -0.379 e. The number of para-hydroxylation sites is 2. The Balaban J connectivity index is 0.00000264. The summed E-state index contributed by atoms with van der Waals surface area (Å²) in [5.74, 6) is 0.0676. The number of amides is 1. The van der Waals surface area contributed by atoms with Gasteiger partial charge in [0.15, 0.2) is 0 Å². The van der Waals surface area contributed by atoms with Crippen LogP contribution in [0, 0.1) is 10.1 Å². The number of rotatable bonds is 6. The summed E-state index contributed by atoms with van der Waals surface area (Å²) in [6, 6.07) is 6.75. The molecule has 1 saturated heterocycles. The van der Waals surface area contributed by atoms with Crippen molar-refractivity contribution in [3.05, 3.63) is 34.4 Å². The second kappa shape index (κ2) is 9.32. The first-order valence-corrected chi connectivity index (χ1v) is 7.53. The number of hydrogen-bond acceptors (Lipinski definition) is 5. The highest BCUT2D eigenvalue weighted by Crippen LogP contribution is 2.23. The van der Waals surface area contributed by atoms with Gasteiger partial charge < -0.3 is 15.5 Å². The number of nitrogens with one attached hydrogen (secondary N) is 2. The number of nitrogens with zero attached hydrogens (tertiary/aromatic N) is 2. The fourth-order valence-electron chi connectivity index (χ4n) is 2.66. The molecular formula is C15H23ClN4O3. The first-order chi connectivity index (χ1) is 10.6. The fourth-order valence-corrected chi connectivity index (χ4v) is 2.66. The number of nitro benzene ring substituents is 1. The molecule has 1 heterocycles. The van der Waals surface area contributed by atoms with Crippen LogP contribution < -0.4 is 10.6 Å². The van der Waals surface area contributed by atoms with E-state index in [1.807, 2.05) is 11.9 Å². The molecule has 128 valence electrons. The molecule has 0 saturated carbocycles. The number of benzene rings is 1. The highest BCUT2D eigenvalue weighted by Gasteiger charge is 2.21. The molecule has 2 N–H and O–H groups in total. The van der Waals surface area contributed by atoms with Crippen LogP contribution in [-0.4, -0.2) is 48.5 Å². The van der Waals surface area contributed by atoms with Crippen molar-refractivity contribution in [1.29, 1.82) is 0 Å². The molecule has 1 aromatic carbocycles. The Bertz CT molecular complexity index is 535. The predicted octanol–water partition coefficient (Wildman–Crippen LogP) is 2.03. The van der Waals surface area contributed by atoms with Gasteiger partial charge in [0, 0.05) is 32.1 Å². The molecule has 23 heavy (non-hydrogen) atoms. The maximum Gasteiger partial charge on any atom is 0.292 e. The number of carbonyl (C=O) groups is 1. The van der Waals surface area contributed by atoms with Gasteiger partial charge in [-0.1, -0.05) is 12.1 Å². The van der Waals surface area contributed by atoms with Crippen LogP contribution in [0.15, 0.2) is 24.3 Å². The highest BCUT2D eigenvalue weighted by atomic mass is 35.5. The molecule has 1 aliphatic rings. The zero-order chi connectivity index (χ0) is 15.9. The molecule has 0 aromatic heterocycles. The van der Waals surface area contributed by atoms with Gasteiger partial charge in [-0.05, 0) is 32.0 Å². The summed E-state index contributed by atoms with van der Waals surface area (Å²) in [4.78, 5) is 24.5. The van der Waals surface area contributed by atoms with E-state index in [1.165, 1.54) is 6.07 Å². The first kappa shape index (κ1) is 19.2. The van der Waals surface area contributed by atoms with E-state index in [2.05, 4.69) is 10.6 Å². The largest absolute Gasteiger partial charge is 0.379 e. The van der Waals surface area contributed by atoms with Crippen LogP contribution in [0.1, 0.15) is 19.3 Å². The van der Waals surface area contributed by atoms with Gasteiger partial charge in [0.2, 0.25) is 5.91 Å². The lowest BCUT2D eigenvalue weighted by Gasteiger charge is -2.31. The molecule has 2 rings (SSSR count). The number of nitro groups is 1. The van der Waals surface area contributed by atoms with Gasteiger partial charge in [0.25, 0.3) is 5.69 Å². The van der Waals surface area contributed by atoms with E-state index < -0.39 is 4.92 Å². The first-order valence-electron chi connectivity index (χ1n) is 7.53. The van der Waals surface area contributed by atoms with Crippen LogP contribution >= 0.6 is 12.4 Å². The summed E-state index contributed by atoms with van der Waals surface area (Å²) >= 11 is 0. The lowest BCUT2D eigenvalue weighted by molar-refractivity contribution is -0.384. The monoisotopic (exact) mass is 342 g/mol. The Kier molecular flexibility index (Phi) is 7.77. The van der Waals surface area contributed by atoms with Crippen LogP contribution in [0.3, 0.4) is 0 Å². The molecule has 1 amide bonds. The van der Waals surface area contributed by atoms with E-state index in [0.717, 1.165) is 25.9 Å². The van der Waals surface area contributed by atoms with Gasteiger partial charge in [-0.15, -0.1) is 12.4 Å². The zero-order valence-electron chi connectivity index (χ0n) is 13.2. The van der Waals surface area contributed by atoms with Gasteiger partial charge in [0.1, 0.15) is 5.69 Å². The van der Waals surface area contributed by atoms with Crippen molar-refractivity contribution in [2.24, 2.45) is 0 Å². The van der Waals surface area contributed by atoms with Crippen molar-refractivity contribution >= 4 is 29.7 Å². The normalized spacial score (nSPS) is 14.7. The van der Waals surface area contributed by atoms with E-state index in [-0.39, 0.29) is 24.0 Å². The molecule has 0 unspecified atom stereocenters. The molecule has 1 fully saturated rings. The Hall–Kier alpha value is -1.86. The van der Waals surface area contributed by atoms with Gasteiger partial charge in [-0.25, -0.2) is 0 Å². The average molecular weight is 343 g/mol. The lowest BCUT2D eigenvalue weighted by Crippen LogP contribution is -2.44. The minimum atomic E-state index is -0.425. The molecule has 1 aliphatic heterocycles. The summed E-state index contributed by atoms with van der Waals surface area (Å²) in [6.45, 7) is 2.27. The van der Waals surface area contributed by atoms with E-state index in [0.29, 0.717) is 24.7 Å². The third-order valence-electron chi connectivity index (χ3n) is 4.00. The van der Waals surface area contributed by atoms with Crippen LogP contribution in [0.4, 0.5) is 11.4 Å². The second-order valence-corrected chi connectivity index (χ2v) is 5.44. The van der Waals surface area contributed by atoms with Crippen LogP contribution in [0.25, 0.3) is 0 Å². The standard InChI is InChI=1S/C15H22N4O3.ClH/c1-18(12-6-9-16-10-7-12)15(20)8-11-17-13-4-2-3-5-14(13)19(21)22;/h2-5,12,16-17H,6-11H2,1H3;1H. The molecule has 8 heteroatoms. The Morgan fingerprint density at radius 3 is 2.70 bits per heavy atom. The predicted molar refractivity (Wildman–Crippen MR) is 92.1 cm³/mol. The zero-order valence-corrected chi connectivity index (χ0v) is 14.0. The summed E-state index contributed by atoms with van der Waals surface area (Å²) in [5, 5.41) is 17.2. The molecule has 0 aliphatic carbocycles. The molecule has 7 nitrogen and oxygen atoms in total. The van der Waals surface area contributed by atoms with Crippen molar-refractivity contribution in [3.63, 3.8) is 0 Å². The summed E-state index contributed by atoms with van der Waals surface area (Å²) < 4.78 is 0. The molecule has 0 radical (unpaired) electrons. The number of halogens is 1. The maximum atomic E-state index is 12.2. The summed E-state index contributed by atoms with van der Waals surface area (Å²) in [5.41, 5.74) is 0.478. The third kappa shape index (κ3) is 5.37. The maximum absolute atomic E-state index is 12.2. The number of carbonyl (C=O) groups excluding carboxylic acids is 1. The van der Waals surface area contributed by atoms with Crippen molar-refractivity contribution in [1.82, 2.24) is 10.2 Å². The lowest BCUT2D eigenvalue weighted by atomic mass is 10.1. The van der Waals surface area contributed by atoms with Gasteiger partial charge in [0.05, 0.1) is 4.92 Å². The number of hydrogen-bond donors (Lipinski definition) is 2. The number of anilines is 1. The van der Waals surface area contributed by atoms with E-state index in [9.17, 15) is 14.9 Å². The summed E-state index contributed by atoms with van der Waals surface area (Å²) in [6.07, 6.45) is 2.27. The molecule has 0 atom stereocenters. The SMILES string of the molecule is CN(C(=O)CCNc1ccccc1[N+](=O)[O-])C1CCNCC1.Cl. The van der Waals surface area contributed by atoms with Crippen LogP contribution in [0.5, 0.6) is 0 Å². The van der Waals surface area contributed by atoms with Crippen molar-refractivity contribution in [2.45, 2.75) is 25.3 Å². The highest BCUT2D eigenvalue weighted by molar-refractivity contribution is 5.85. The number of piperidine rings is 1. The average Bonchev–Trinajstić information content (AvgIpc) is 2.55.